The first-order valence-electron chi connectivity index (χ1n) is 14.4. The van der Waals surface area contributed by atoms with Gasteiger partial charge in [-0.15, -0.1) is 0 Å². The fourth-order valence-electron chi connectivity index (χ4n) is 7.57. The quantitative estimate of drug-likeness (QED) is 0.521. The van der Waals surface area contributed by atoms with Gasteiger partial charge in [-0.1, -0.05) is 18.2 Å². The summed E-state index contributed by atoms with van der Waals surface area (Å²) in [6.45, 7) is 4.42. The number of anilines is 1. The Kier molecular flexibility index (Phi) is 5.80. The van der Waals surface area contributed by atoms with E-state index in [1.54, 1.807) is 11.1 Å². The Labute approximate surface area is 224 Å². The van der Waals surface area contributed by atoms with E-state index in [0.29, 0.717) is 24.2 Å². The van der Waals surface area contributed by atoms with E-state index in [9.17, 15) is 9.59 Å². The van der Waals surface area contributed by atoms with Crippen LogP contribution in [0.2, 0.25) is 0 Å². The second-order valence-electron chi connectivity index (χ2n) is 12.1. The van der Waals surface area contributed by atoms with Gasteiger partial charge in [-0.25, -0.2) is 0 Å². The van der Waals surface area contributed by atoms with Gasteiger partial charge in [-0.05, 0) is 104 Å². The van der Waals surface area contributed by atoms with E-state index in [-0.39, 0.29) is 17.7 Å². The first-order valence-corrected chi connectivity index (χ1v) is 14.4. The third-order valence-corrected chi connectivity index (χ3v) is 9.79. The van der Waals surface area contributed by atoms with Crippen LogP contribution < -0.4 is 15.5 Å². The monoisotopic (exact) mass is 511 g/mol. The summed E-state index contributed by atoms with van der Waals surface area (Å²) in [5, 5.41) is 11.7. The molecule has 7 rings (SSSR count). The maximum atomic E-state index is 12.5. The number of hydrogen-bond acceptors (Lipinski definition) is 5. The minimum Gasteiger partial charge on any atom is -0.371 e. The van der Waals surface area contributed by atoms with Gasteiger partial charge in [0.05, 0.1) is 17.1 Å². The highest BCUT2D eigenvalue weighted by atomic mass is 16.2. The lowest BCUT2D eigenvalue weighted by Crippen LogP contribution is -2.39. The predicted octanol–water partition coefficient (Wildman–Crippen LogP) is 3.95. The van der Waals surface area contributed by atoms with Gasteiger partial charge in [-0.2, -0.15) is 5.10 Å². The molecule has 2 aromatic carbocycles. The number of imide groups is 1. The van der Waals surface area contributed by atoms with Crippen LogP contribution in [0.5, 0.6) is 0 Å². The number of amides is 2. The number of carbonyl (C=O) groups is 2. The standard InChI is InChI=1S/C31H37N5O2/c1-35-27-17-24(4-5-25(27)29(34-35)26-6-7-28(37)33-30(26)38)36-14-8-20(9-15-36)21-2-3-22-18-31(19-23(22)16-21)10-12-32-13-11-31/h2-5,16-17,20,26,32H,6-15,18-19H2,1H3,(H,33,37,38). The Balaban J connectivity index is 1.05. The van der Waals surface area contributed by atoms with Crippen molar-refractivity contribution in [3.05, 3.63) is 58.8 Å². The molecule has 1 aromatic heterocycles. The number of hydrogen-bond donors (Lipinski definition) is 2. The highest BCUT2D eigenvalue weighted by molar-refractivity contribution is 6.02. The summed E-state index contributed by atoms with van der Waals surface area (Å²) < 4.78 is 1.88. The highest BCUT2D eigenvalue weighted by Gasteiger charge is 2.38. The van der Waals surface area contributed by atoms with Crippen molar-refractivity contribution in [1.29, 1.82) is 0 Å². The normalized spacial score (nSPS) is 23.7. The number of carbonyl (C=O) groups excluding carboxylic acids is 2. The van der Waals surface area contributed by atoms with Gasteiger partial charge in [0, 0.05) is 37.6 Å². The minimum absolute atomic E-state index is 0.192. The number of aryl methyl sites for hydroxylation is 1. The van der Waals surface area contributed by atoms with Crippen LogP contribution in [0.15, 0.2) is 36.4 Å². The summed E-state index contributed by atoms with van der Waals surface area (Å²) in [4.78, 5) is 26.6. The zero-order valence-corrected chi connectivity index (χ0v) is 22.3. The van der Waals surface area contributed by atoms with Gasteiger partial charge >= 0.3 is 0 Å². The van der Waals surface area contributed by atoms with Crippen LogP contribution in [0.25, 0.3) is 10.9 Å². The van der Waals surface area contributed by atoms with Crippen molar-refractivity contribution in [3.63, 3.8) is 0 Å². The summed E-state index contributed by atoms with van der Waals surface area (Å²) >= 11 is 0. The maximum absolute atomic E-state index is 12.5. The number of rotatable bonds is 3. The van der Waals surface area contributed by atoms with Crippen LogP contribution >= 0.6 is 0 Å². The van der Waals surface area contributed by atoms with Crippen molar-refractivity contribution in [2.45, 2.75) is 63.2 Å². The number of aromatic nitrogens is 2. The molecular formula is C31H37N5O2. The molecular weight excluding hydrogens is 474 g/mol. The Hall–Kier alpha value is -3.19. The van der Waals surface area contributed by atoms with Crippen LogP contribution in [0.1, 0.15) is 72.7 Å². The van der Waals surface area contributed by atoms with Crippen molar-refractivity contribution < 1.29 is 9.59 Å². The minimum atomic E-state index is -0.366. The molecule has 2 N–H and O–H groups in total. The summed E-state index contributed by atoms with van der Waals surface area (Å²) in [6.07, 6.45) is 8.37. The Morgan fingerprint density at radius 2 is 1.74 bits per heavy atom. The van der Waals surface area contributed by atoms with E-state index in [1.165, 1.54) is 62.9 Å². The third kappa shape index (κ3) is 4.12. The van der Waals surface area contributed by atoms with Crippen molar-refractivity contribution >= 4 is 28.4 Å². The summed E-state index contributed by atoms with van der Waals surface area (Å²) in [6, 6.07) is 13.9. The molecule has 1 atom stereocenters. The van der Waals surface area contributed by atoms with Crippen LogP contribution in [0.3, 0.4) is 0 Å². The van der Waals surface area contributed by atoms with Crippen LogP contribution in [-0.4, -0.2) is 47.8 Å². The average Bonchev–Trinajstić information content (AvgIpc) is 3.45. The summed E-state index contributed by atoms with van der Waals surface area (Å²) in [7, 11) is 1.94. The number of piperidine rings is 3. The molecule has 0 saturated carbocycles. The first kappa shape index (κ1) is 23.9. The van der Waals surface area contributed by atoms with Crippen molar-refractivity contribution in [2.75, 3.05) is 31.1 Å². The SMILES string of the molecule is Cn1nc(C2CCC(=O)NC2=O)c2ccc(N3CCC(c4ccc5c(c4)CC4(CCNCC4)C5)CC3)cc21. The van der Waals surface area contributed by atoms with Crippen molar-refractivity contribution in [2.24, 2.45) is 12.5 Å². The lowest BCUT2D eigenvalue weighted by atomic mass is 9.76. The molecule has 3 aromatic rings. The Morgan fingerprint density at radius 1 is 0.947 bits per heavy atom. The van der Waals surface area contributed by atoms with Gasteiger partial charge in [0.2, 0.25) is 11.8 Å². The molecule has 0 bridgehead atoms. The Bertz CT molecular complexity index is 1410. The number of benzene rings is 2. The first-order chi connectivity index (χ1) is 18.5. The predicted molar refractivity (Wildman–Crippen MR) is 148 cm³/mol. The second kappa shape index (κ2) is 9.23. The van der Waals surface area contributed by atoms with Gasteiger partial charge < -0.3 is 10.2 Å². The second-order valence-corrected chi connectivity index (χ2v) is 12.1. The van der Waals surface area contributed by atoms with Gasteiger partial charge in [-0.3, -0.25) is 19.6 Å². The lowest BCUT2D eigenvalue weighted by molar-refractivity contribution is -0.134. The molecule has 3 saturated heterocycles. The molecule has 4 aliphatic rings. The van der Waals surface area contributed by atoms with E-state index in [0.717, 1.165) is 29.7 Å². The number of fused-ring (bicyclic) bond motifs is 2. The third-order valence-electron chi connectivity index (χ3n) is 9.79. The molecule has 7 nitrogen and oxygen atoms in total. The summed E-state index contributed by atoms with van der Waals surface area (Å²) in [5.74, 6) is -0.164. The van der Waals surface area contributed by atoms with E-state index in [2.05, 4.69) is 51.9 Å². The molecule has 38 heavy (non-hydrogen) atoms. The van der Waals surface area contributed by atoms with Crippen molar-refractivity contribution in [1.82, 2.24) is 20.4 Å². The van der Waals surface area contributed by atoms with Crippen LogP contribution in [0, 0.1) is 5.41 Å². The largest absolute Gasteiger partial charge is 0.371 e. The van der Waals surface area contributed by atoms with Crippen LogP contribution in [0.4, 0.5) is 5.69 Å². The zero-order chi connectivity index (χ0) is 25.9. The molecule has 4 heterocycles. The molecule has 7 heteroatoms. The van der Waals surface area contributed by atoms with Crippen LogP contribution in [-0.2, 0) is 29.5 Å². The molecule has 198 valence electrons. The summed E-state index contributed by atoms with van der Waals surface area (Å²) in [5.41, 5.74) is 8.28. The molecule has 1 aliphatic carbocycles. The van der Waals surface area contributed by atoms with E-state index in [1.807, 2.05) is 11.7 Å². The van der Waals surface area contributed by atoms with E-state index < -0.39 is 0 Å². The van der Waals surface area contributed by atoms with Gasteiger partial charge in [0.1, 0.15) is 0 Å². The highest BCUT2D eigenvalue weighted by Crippen LogP contribution is 2.44. The lowest BCUT2D eigenvalue weighted by Gasteiger charge is -2.34. The fourth-order valence-corrected chi connectivity index (χ4v) is 7.57. The topological polar surface area (TPSA) is 79.3 Å². The Morgan fingerprint density at radius 3 is 2.53 bits per heavy atom. The number of nitrogens with zero attached hydrogens (tertiary/aromatic N) is 3. The maximum Gasteiger partial charge on any atom is 0.235 e. The molecule has 1 spiro atoms. The van der Waals surface area contributed by atoms with Crippen molar-refractivity contribution in [3.8, 4) is 0 Å². The molecule has 3 fully saturated rings. The van der Waals surface area contributed by atoms with E-state index >= 15 is 0 Å². The van der Waals surface area contributed by atoms with Gasteiger partial charge in [0.25, 0.3) is 0 Å². The molecule has 2 amide bonds. The van der Waals surface area contributed by atoms with Gasteiger partial charge in [0.15, 0.2) is 0 Å². The number of nitrogens with one attached hydrogen (secondary N) is 2. The molecule has 0 radical (unpaired) electrons. The molecule has 1 unspecified atom stereocenters. The average molecular weight is 512 g/mol. The van der Waals surface area contributed by atoms with E-state index in [4.69, 9.17) is 5.10 Å². The fraction of sp³-hybridized carbons (Fsp3) is 0.516. The smallest absolute Gasteiger partial charge is 0.235 e. The zero-order valence-electron chi connectivity index (χ0n) is 22.3. The molecule has 3 aliphatic heterocycles.